The van der Waals surface area contributed by atoms with Gasteiger partial charge in [-0.3, -0.25) is 0 Å². The molecule has 0 aromatic heterocycles. The Morgan fingerprint density at radius 1 is 0.769 bits per heavy atom. The third-order valence-electron chi connectivity index (χ3n) is 5.71. The molecule has 0 heterocycles. The lowest BCUT2D eigenvalue weighted by Crippen LogP contribution is -2.09. The lowest BCUT2D eigenvalue weighted by Gasteiger charge is -2.09. The minimum absolute atomic E-state index is 0.0966. The number of rotatable bonds is 10. The molecule has 0 saturated carbocycles. The van der Waals surface area contributed by atoms with Crippen LogP contribution in [-0.2, 0) is 25.7 Å². The fourth-order valence-corrected chi connectivity index (χ4v) is 3.60. The average molecular weight is 523 g/mol. The Hall–Kier alpha value is -5.17. The van der Waals surface area contributed by atoms with Crippen molar-refractivity contribution < 1.29 is 33.3 Å². The standard InChI is InChI=1S/C32H26O7/c1-4-30(33)38-20-37-29-16-13-26-17-25(9-10-27(26)18-29)23-11-14-28(15-12-23)39-32(35)24-7-5-22(6-8-24)19-36-31(34)21(2)3/h4-18H,1-2,19-20H2,3H3. The maximum Gasteiger partial charge on any atom is 0.343 e. The van der Waals surface area contributed by atoms with Gasteiger partial charge in [0.05, 0.1) is 5.56 Å². The monoisotopic (exact) mass is 522 g/mol. The van der Waals surface area contributed by atoms with Crippen molar-refractivity contribution in [1.29, 1.82) is 0 Å². The molecule has 0 amide bonds. The van der Waals surface area contributed by atoms with Crippen molar-refractivity contribution >= 4 is 28.7 Å². The number of hydrogen-bond acceptors (Lipinski definition) is 7. The van der Waals surface area contributed by atoms with Gasteiger partial charge >= 0.3 is 17.9 Å². The van der Waals surface area contributed by atoms with Crippen LogP contribution in [0.2, 0.25) is 0 Å². The third kappa shape index (κ3) is 7.20. The minimum atomic E-state index is -0.546. The van der Waals surface area contributed by atoms with E-state index in [4.69, 9.17) is 18.9 Å². The Morgan fingerprint density at radius 3 is 2.10 bits per heavy atom. The summed E-state index contributed by atoms with van der Waals surface area (Å²) in [6.07, 6.45) is 1.08. The van der Waals surface area contributed by atoms with Crippen LogP contribution in [0.5, 0.6) is 11.5 Å². The van der Waals surface area contributed by atoms with Crippen LogP contribution in [0.15, 0.2) is 110 Å². The highest BCUT2D eigenvalue weighted by atomic mass is 16.7. The first-order valence-electron chi connectivity index (χ1n) is 12.0. The lowest BCUT2D eigenvalue weighted by atomic mass is 10.0. The van der Waals surface area contributed by atoms with Crippen molar-refractivity contribution in [2.24, 2.45) is 0 Å². The molecule has 0 aliphatic heterocycles. The average Bonchev–Trinajstić information content (AvgIpc) is 2.96. The van der Waals surface area contributed by atoms with Gasteiger partial charge in [-0.2, -0.15) is 0 Å². The number of fused-ring (bicyclic) bond motifs is 1. The largest absolute Gasteiger partial charge is 0.457 e. The van der Waals surface area contributed by atoms with Crippen molar-refractivity contribution in [2.75, 3.05) is 6.79 Å². The van der Waals surface area contributed by atoms with Gasteiger partial charge in [-0.25, -0.2) is 14.4 Å². The molecule has 0 fully saturated rings. The zero-order chi connectivity index (χ0) is 27.8. The van der Waals surface area contributed by atoms with E-state index >= 15 is 0 Å². The van der Waals surface area contributed by atoms with Gasteiger partial charge in [0.2, 0.25) is 6.79 Å². The molecule has 7 nitrogen and oxygen atoms in total. The third-order valence-corrected chi connectivity index (χ3v) is 5.71. The van der Waals surface area contributed by atoms with Gasteiger partial charge < -0.3 is 18.9 Å². The first kappa shape index (κ1) is 26.9. The van der Waals surface area contributed by atoms with E-state index in [1.165, 1.54) is 0 Å². The molecule has 4 aromatic carbocycles. The normalized spacial score (nSPS) is 10.4. The minimum Gasteiger partial charge on any atom is -0.457 e. The van der Waals surface area contributed by atoms with Crippen molar-refractivity contribution in [1.82, 2.24) is 0 Å². The molecule has 0 aliphatic carbocycles. The molecule has 0 N–H and O–H groups in total. The van der Waals surface area contributed by atoms with Gasteiger partial charge in [-0.05, 0) is 76.9 Å². The van der Waals surface area contributed by atoms with Gasteiger partial charge in [0.15, 0.2) is 0 Å². The van der Waals surface area contributed by atoms with E-state index < -0.39 is 17.9 Å². The molecule has 0 atom stereocenters. The zero-order valence-corrected chi connectivity index (χ0v) is 21.3. The van der Waals surface area contributed by atoms with E-state index in [2.05, 4.69) is 13.2 Å². The molecule has 196 valence electrons. The highest BCUT2D eigenvalue weighted by Gasteiger charge is 2.10. The summed E-state index contributed by atoms with van der Waals surface area (Å²) in [4.78, 5) is 35.2. The molecule has 4 aromatic rings. The Bertz CT molecular complexity index is 1530. The number of esters is 3. The van der Waals surface area contributed by atoms with Gasteiger partial charge in [0.25, 0.3) is 0 Å². The summed E-state index contributed by atoms with van der Waals surface area (Å²) in [6, 6.07) is 25.5. The number of carbonyl (C=O) groups is 3. The quantitative estimate of drug-likeness (QED) is 0.103. The second kappa shape index (κ2) is 12.4. The fraction of sp³-hybridized carbons (Fsp3) is 0.0938. The number of benzene rings is 4. The van der Waals surface area contributed by atoms with Crippen LogP contribution in [0.25, 0.3) is 21.9 Å². The van der Waals surface area contributed by atoms with Crippen LogP contribution in [0.3, 0.4) is 0 Å². The maximum atomic E-state index is 12.6. The Balaban J connectivity index is 1.36. The van der Waals surface area contributed by atoms with Crippen LogP contribution in [0.1, 0.15) is 22.8 Å². The molecule has 0 bridgehead atoms. The van der Waals surface area contributed by atoms with Gasteiger partial charge in [0, 0.05) is 11.6 Å². The van der Waals surface area contributed by atoms with Crippen molar-refractivity contribution in [3.8, 4) is 22.6 Å². The summed E-state index contributed by atoms with van der Waals surface area (Å²) in [7, 11) is 0. The highest BCUT2D eigenvalue weighted by Crippen LogP contribution is 2.28. The Labute approximate surface area is 225 Å². The first-order chi connectivity index (χ1) is 18.8. The summed E-state index contributed by atoms with van der Waals surface area (Å²) < 4.78 is 20.9. The van der Waals surface area contributed by atoms with Crippen molar-refractivity contribution in [2.45, 2.75) is 13.5 Å². The van der Waals surface area contributed by atoms with E-state index in [1.807, 2.05) is 42.5 Å². The van der Waals surface area contributed by atoms with Crippen LogP contribution in [0.4, 0.5) is 0 Å². The highest BCUT2D eigenvalue weighted by molar-refractivity contribution is 5.91. The van der Waals surface area contributed by atoms with Crippen molar-refractivity contribution in [3.63, 3.8) is 0 Å². The fourth-order valence-electron chi connectivity index (χ4n) is 3.60. The molecule has 0 aliphatic rings. The zero-order valence-electron chi connectivity index (χ0n) is 21.3. The summed E-state index contributed by atoms with van der Waals surface area (Å²) in [5.41, 5.74) is 3.41. The van der Waals surface area contributed by atoms with E-state index in [0.717, 1.165) is 33.5 Å². The van der Waals surface area contributed by atoms with Crippen LogP contribution in [0, 0.1) is 0 Å². The van der Waals surface area contributed by atoms with Crippen LogP contribution < -0.4 is 9.47 Å². The first-order valence-corrected chi connectivity index (χ1v) is 12.0. The lowest BCUT2D eigenvalue weighted by molar-refractivity contribution is -0.144. The second-order valence-electron chi connectivity index (χ2n) is 8.62. The molecular formula is C32H26O7. The number of hydrogen-bond donors (Lipinski definition) is 0. The molecule has 0 radical (unpaired) electrons. The molecule has 39 heavy (non-hydrogen) atoms. The van der Waals surface area contributed by atoms with Gasteiger partial charge in [-0.15, -0.1) is 0 Å². The molecule has 7 heteroatoms. The summed E-state index contributed by atoms with van der Waals surface area (Å²) >= 11 is 0. The maximum absolute atomic E-state index is 12.6. The predicted molar refractivity (Wildman–Crippen MR) is 147 cm³/mol. The van der Waals surface area contributed by atoms with Crippen LogP contribution in [-0.4, -0.2) is 24.7 Å². The molecular weight excluding hydrogens is 496 g/mol. The summed E-state index contributed by atoms with van der Waals surface area (Å²) in [5, 5.41) is 1.98. The SMILES string of the molecule is C=CC(=O)OCOc1ccc2cc(-c3ccc(OC(=O)c4ccc(COC(=O)C(=C)C)cc4)cc3)ccc2c1. The van der Waals surface area contributed by atoms with Crippen molar-refractivity contribution in [3.05, 3.63) is 121 Å². The Kier molecular flexibility index (Phi) is 8.53. The van der Waals surface area contributed by atoms with E-state index in [9.17, 15) is 14.4 Å². The Morgan fingerprint density at radius 2 is 1.41 bits per heavy atom. The molecule has 0 saturated heterocycles. The van der Waals surface area contributed by atoms with E-state index in [-0.39, 0.29) is 13.4 Å². The predicted octanol–water partition coefficient (Wildman–Crippen LogP) is 6.41. The second-order valence-corrected chi connectivity index (χ2v) is 8.62. The summed E-state index contributed by atoms with van der Waals surface area (Å²) in [5.74, 6) is -0.496. The smallest absolute Gasteiger partial charge is 0.343 e. The topological polar surface area (TPSA) is 88.1 Å². The summed E-state index contributed by atoms with van der Waals surface area (Å²) in [6.45, 7) is 8.37. The number of ether oxygens (including phenoxy) is 4. The molecule has 4 rings (SSSR count). The number of carbonyl (C=O) groups excluding carboxylic acids is 3. The van der Waals surface area contributed by atoms with Gasteiger partial charge in [0.1, 0.15) is 18.1 Å². The van der Waals surface area contributed by atoms with Gasteiger partial charge in [-0.1, -0.05) is 55.6 Å². The van der Waals surface area contributed by atoms with E-state index in [1.54, 1.807) is 49.4 Å². The molecule has 0 spiro atoms. The van der Waals surface area contributed by atoms with E-state index in [0.29, 0.717) is 22.6 Å². The molecule has 0 unspecified atom stereocenters. The van der Waals surface area contributed by atoms with Crippen LogP contribution >= 0.6 is 0 Å².